The van der Waals surface area contributed by atoms with E-state index in [-0.39, 0.29) is 4.90 Å². The third kappa shape index (κ3) is 2.49. The van der Waals surface area contributed by atoms with E-state index in [0.717, 1.165) is 27.1 Å². The number of hydrogen-bond acceptors (Lipinski definition) is 2. The van der Waals surface area contributed by atoms with E-state index in [1.54, 1.807) is 6.07 Å². The number of rotatable bonds is 2. The molecule has 0 saturated carbocycles. The van der Waals surface area contributed by atoms with Gasteiger partial charge in [-0.25, -0.2) is 0 Å². The molecule has 3 rings (SSSR count). The summed E-state index contributed by atoms with van der Waals surface area (Å²) in [6.45, 7) is 6.14. The summed E-state index contributed by atoms with van der Waals surface area (Å²) in [4.78, 5) is -0.0575. The summed E-state index contributed by atoms with van der Waals surface area (Å²) >= 11 is 0. The van der Waals surface area contributed by atoms with Crippen molar-refractivity contribution in [2.24, 2.45) is 0 Å². The van der Waals surface area contributed by atoms with Crippen LogP contribution in [-0.2, 0) is 10.1 Å². The average Bonchev–Trinajstić information content (AvgIpc) is 2.45. The monoisotopic (exact) mass is 314 g/mol. The van der Waals surface area contributed by atoms with Crippen LogP contribution in [-0.4, -0.2) is 13.0 Å². The van der Waals surface area contributed by atoms with E-state index in [0.29, 0.717) is 5.92 Å². The average molecular weight is 314 g/mol. The van der Waals surface area contributed by atoms with Crippen LogP contribution in [0.5, 0.6) is 0 Å². The van der Waals surface area contributed by atoms with Gasteiger partial charge in [0.25, 0.3) is 10.1 Å². The molecule has 0 aliphatic carbocycles. The van der Waals surface area contributed by atoms with E-state index < -0.39 is 10.1 Å². The van der Waals surface area contributed by atoms with E-state index in [4.69, 9.17) is 0 Å². The van der Waals surface area contributed by atoms with Gasteiger partial charge in [-0.3, -0.25) is 4.55 Å². The van der Waals surface area contributed by atoms with Crippen LogP contribution in [0.15, 0.2) is 47.4 Å². The molecule has 0 aliphatic heterocycles. The highest BCUT2D eigenvalue weighted by Crippen LogP contribution is 2.31. The van der Waals surface area contributed by atoms with Crippen LogP contribution in [0, 0.1) is 6.92 Å². The smallest absolute Gasteiger partial charge is 0.282 e. The van der Waals surface area contributed by atoms with Crippen molar-refractivity contribution in [3.63, 3.8) is 0 Å². The molecule has 1 N–H and O–H groups in total. The van der Waals surface area contributed by atoms with Crippen LogP contribution in [0.3, 0.4) is 0 Å². The van der Waals surface area contributed by atoms with Gasteiger partial charge >= 0.3 is 0 Å². The predicted molar refractivity (Wildman–Crippen MR) is 90.1 cm³/mol. The van der Waals surface area contributed by atoms with Crippen LogP contribution < -0.4 is 0 Å². The Kier molecular flexibility index (Phi) is 3.46. The van der Waals surface area contributed by atoms with Crippen molar-refractivity contribution in [3.05, 3.63) is 53.6 Å². The van der Waals surface area contributed by atoms with Crippen molar-refractivity contribution >= 4 is 31.7 Å². The maximum atomic E-state index is 11.5. The molecule has 0 atom stereocenters. The van der Waals surface area contributed by atoms with Crippen LogP contribution >= 0.6 is 0 Å². The largest absolute Gasteiger partial charge is 0.294 e. The fraction of sp³-hybridized carbons (Fsp3) is 0.222. The van der Waals surface area contributed by atoms with Crippen LogP contribution in [0.2, 0.25) is 0 Å². The minimum atomic E-state index is -4.21. The Morgan fingerprint density at radius 1 is 0.909 bits per heavy atom. The summed E-state index contributed by atoms with van der Waals surface area (Å²) < 4.78 is 32.3. The third-order valence-corrected chi connectivity index (χ3v) is 4.95. The summed E-state index contributed by atoms with van der Waals surface area (Å²) in [6, 6.07) is 13.4. The summed E-state index contributed by atoms with van der Waals surface area (Å²) in [5.74, 6) is 0.436. The molecule has 4 heteroatoms. The Labute approximate surface area is 130 Å². The molecule has 0 aromatic heterocycles. The summed E-state index contributed by atoms with van der Waals surface area (Å²) in [5, 5.41) is 3.92. The van der Waals surface area contributed by atoms with Gasteiger partial charge in [0.1, 0.15) is 0 Å². The second-order valence-corrected chi connectivity index (χ2v) is 7.43. The van der Waals surface area contributed by atoms with Crippen molar-refractivity contribution in [3.8, 4) is 0 Å². The van der Waals surface area contributed by atoms with Crippen molar-refractivity contribution < 1.29 is 13.0 Å². The maximum absolute atomic E-state index is 11.5. The molecular formula is C18H18O3S. The molecule has 3 aromatic carbocycles. The van der Waals surface area contributed by atoms with Crippen molar-refractivity contribution in [2.75, 3.05) is 0 Å². The molecular weight excluding hydrogens is 296 g/mol. The molecule has 0 fully saturated rings. The lowest BCUT2D eigenvalue weighted by molar-refractivity contribution is 0.483. The van der Waals surface area contributed by atoms with Gasteiger partial charge in [0.2, 0.25) is 0 Å². The Hall–Kier alpha value is -1.91. The minimum absolute atomic E-state index is 0.0575. The second kappa shape index (κ2) is 5.07. The molecule has 0 saturated heterocycles. The van der Waals surface area contributed by atoms with Crippen LogP contribution in [0.25, 0.3) is 21.5 Å². The first-order valence-electron chi connectivity index (χ1n) is 7.22. The zero-order chi connectivity index (χ0) is 16.1. The minimum Gasteiger partial charge on any atom is -0.282 e. The van der Waals surface area contributed by atoms with Gasteiger partial charge in [0, 0.05) is 0 Å². The van der Waals surface area contributed by atoms with Crippen molar-refractivity contribution in [1.82, 2.24) is 0 Å². The molecule has 0 aliphatic rings. The fourth-order valence-corrected chi connectivity index (χ4v) is 3.45. The SMILES string of the molecule is Cc1cc(S(=O)(=O)O)cc2c1ccc1cc(C(C)C)ccc12. The van der Waals surface area contributed by atoms with Gasteiger partial charge in [-0.05, 0) is 57.6 Å². The summed E-state index contributed by atoms with van der Waals surface area (Å²) in [5.41, 5.74) is 2.08. The molecule has 22 heavy (non-hydrogen) atoms. The van der Waals surface area contributed by atoms with Crippen molar-refractivity contribution in [2.45, 2.75) is 31.6 Å². The Balaban J connectivity index is 2.42. The molecule has 0 spiro atoms. The highest BCUT2D eigenvalue weighted by Gasteiger charge is 2.13. The second-order valence-electron chi connectivity index (χ2n) is 6.01. The first-order chi connectivity index (χ1) is 10.3. The van der Waals surface area contributed by atoms with Gasteiger partial charge in [-0.15, -0.1) is 0 Å². The van der Waals surface area contributed by atoms with E-state index >= 15 is 0 Å². The summed E-state index contributed by atoms with van der Waals surface area (Å²) in [6.07, 6.45) is 0. The zero-order valence-electron chi connectivity index (χ0n) is 12.8. The predicted octanol–water partition coefficient (Wildman–Crippen LogP) is 4.67. The zero-order valence-corrected chi connectivity index (χ0v) is 13.6. The van der Waals surface area contributed by atoms with Gasteiger partial charge in [-0.2, -0.15) is 8.42 Å². The maximum Gasteiger partial charge on any atom is 0.294 e. The number of hydrogen-bond donors (Lipinski definition) is 1. The first-order valence-corrected chi connectivity index (χ1v) is 8.66. The molecule has 0 heterocycles. The van der Waals surface area contributed by atoms with Gasteiger partial charge in [-0.1, -0.05) is 44.2 Å². The van der Waals surface area contributed by atoms with Gasteiger partial charge < -0.3 is 0 Å². The number of fused-ring (bicyclic) bond motifs is 3. The highest BCUT2D eigenvalue weighted by molar-refractivity contribution is 7.85. The Morgan fingerprint density at radius 2 is 1.59 bits per heavy atom. The Morgan fingerprint density at radius 3 is 2.23 bits per heavy atom. The standard InChI is InChI=1S/C18H18O3S/c1-11(2)13-4-7-17-14(9-13)5-6-16-12(3)8-15(10-18(16)17)22(19,20)21/h4-11H,1-3H3,(H,19,20,21). The number of aryl methyl sites for hydroxylation is 1. The molecule has 114 valence electrons. The lowest BCUT2D eigenvalue weighted by Crippen LogP contribution is -1.99. The van der Waals surface area contributed by atoms with E-state index in [9.17, 15) is 13.0 Å². The molecule has 0 unspecified atom stereocenters. The third-order valence-electron chi connectivity index (χ3n) is 4.12. The first kappa shape index (κ1) is 15.0. The molecule has 0 amide bonds. The molecule has 0 bridgehead atoms. The van der Waals surface area contributed by atoms with Crippen molar-refractivity contribution in [1.29, 1.82) is 0 Å². The lowest BCUT2D eigenvalue weighted by Gasteiger charge is -2.11. The van der Waals surface area contributed by atoms with E-state index in [1.165, 1.54) is 11.6 Å². The lowest BCUT2D eigenvalue weighted by atomic mass is 9.95. The quantitative estimate of drug-likeness (QED) is 0.552. The van der Waals surface area contributed by atoms with Gasteiger partial charge in [0.15, 0.2) is 0 Å². The van der Waals surface area contributed by atoms with E-state index in [1.807, 2.05) is 19.1 Å². The number of benzene rings is 3. The highest BCUT2D eigenvalue weighted by atomic mass is 32.2. The van der Waals surface area contributed by atoms with Gasteiger partial charge in [0.05, 0.1) is 4.90 Å². The Bertz CT molecular complexity index is 986. The molecule has 3 nitrogen and oxygen atoms in total. The van der Waals surface area contributed by atoms with Crippen LogP contribution in [0.1, 0.15) is 30.9 Å². The molecule has 3 aromatic rings. The normalized spacial score (nSPS) is 12.4. The molecule has 0 radical (unpaired) electrons. The summed E-state index contributed by atoms with van der Waals surface area (Å²) in [7, 11) is -4.21. The topological polar surface area (TPSA) is 54.4 Å². The fourth-order valence-electron chi connectivity index (χ4n) is 2.85. The van der Waals surface area contributed by atoms with Crippen LogP contribution in [0.4, 0.5) is 0 Å². The van der Waals surface area contributed by atoms with E-state index in [2.05, 4.69) is 32.0 Å².